The molecular weight excluding hydrogens is 335 g/mol. The van der Waals surface area contributed by atoms with Crippen LogP contribution < -0.4 is 5.32 Å². The van der Waals surface area contributed by atoms with Crippen LogP contribution in [0.15, 0.2) is 48.9 Å². The van der Waals surface area contributed by atoms with E-state index in [0.717, 1.165) is 18.4 Å². The Kier molecular flexibility index (Phi) is 4.38. The Morgan fingerprint density at radius 2 is 2.12 bits per heavy atom. The first-order valence-electron chi connectivity index (χ1n) is 8.58. The molecule has 1 N–H and O–H groups in total. The summed E-state index contributed by atoms with van der Waals surface area (Å²) in [6.07, 6.45) is 4.62. The minimum absolute atomic E-state index is 0.183. The molecule has 1 aliphatic rings. The fourth-order valence-electron chi connectivity index (χ4n) is 3.46. The normalized spacial score (nSPS) is 16.5. The van der Waals surface area contributed by atoms with Crippen LogP contribution in [-0.2, 0) is 10.2 Å². The number of ether oxygens (including phenoxy) is 1. The largest absolute Gasteiger partial charge is 0.381 e. The van der Waals surface area contributed by atoms with Crippen molar-refractivity contribution in [3.8, 4) is 0 Å². The molecule has 3 aromatic rings. The van der Waals surface area contributed by atoms with Gasteiger partial charge in [0.05, 0.1) is 0 Å². The molecule has 0 bridgehead atoms. The summed E-state index contributed by atoms with van der Waals surface area (Å²) in [5.41, 5.74) is 1.71. The number of nitrogens with zero attached hydrogens (tertiary/aromatic N) is 3. The number of rotatable bonds is 4. The van der Waals surface area contributed by atoms with E-state index in [1.807, 2.05) is 6.07 Å². The second-order valence-corrected chi connectivity index (χ2v) is 6.56. The van der Waals surface area contributed by atoms with Crippen LogP contribution in [0.3, 0.4) is 0 Å². The molecule has 0 unspecified atom stereocenters. The Hall–Kier alpha value is -2.80. The quantitative estimate of drug-likeness (QED) is 0.781. The first-order chi connectivity index (χ1) is 12.7. The highest BCUT2D eigenvalue weighted by atomic mass is 19.1. The number of amides is 1. The number of hydrogen-bond donors (Lipinski definition) is 1. The Labute approximate surface area is 150 Å². The molecule has 0 spiro atoms. The summed E-state index contributed by atoms with van der Waals surface area (Å²) in [7, 11) is 0. The van der Waals surface area contributed by atoms with Crippen molar-refractivity contribution in [2.45, 2.75) is 18.3 Å². The maximum atomic E-state index is 13.7. The van der Waals surface area contributed by atoms with Crippen molar-refractivity contribution >= 4 is 11.6 Å². The van der Waals surface area contributed by atoms with E-state index < -0.39 is 0 Å². The van der Waals surface area contributed by atoms with E-state index in [4.69, 9.17) is 4.74 Å². The third-order valence-corrected chi connectivity index (χ3v) is 5.02. The van der Waals surface area contributed by atoms with E-state index in [0.29, 0.717) is 31.0 Å². The van der Waals surface area contributed by atoms with Crippen LogP contribution in [0.1, 0.15) is 28.8 Å². The van der Waals surface area contributed by atoms with E-state index in [9.17, 15) is 9.18 Å². The summed E-state index contributed by atoms with van der Waals surface area (Å²) in [6, 6.07) is 10.0. The van der Waals surface area contributed by atoms with Gasteiger partial charge in [-0.3, -0.25) is 4.79 Å². The lowest BCUT2D eigenvalue weighted by molar-refractivity contribution is 0.0486. The van der Waals surface area contributed by atoms with E-state index in [2.05, 4.69) is 15.4 Å². The van der Waals surface area contributed by atoms with Crippen molar-refractivity contribution in [3.63, 3.8) is 0 Å². The van der Waals surface area contributed by atoms with Gasteiger partial charge in [-0.25, -0.2) is 13.9 Å². The summed E-state index contributed by atoms with van der Waals surface area (Å²) >= 11 is 0. The lowest BCUT2D eigenvalue weighted by Crippen LogP contribution is -2.44. The van der Waals surface area contributed by atoms with Crippen molar-refractivity contribution in [2.75, 3.05) is 19.8 Å². The predicted octanol–water partition coefficient (Wildman–Crippen LogP) is 2.35. The summed E-state index contributed by atoms with van der Waals surface area (Å²) < 4.78 is 20.8. The Morgan fingerprint density at radius 1 is 1.27 bits per heavy atom. The summed E-state index contributed by atoms with van der Waals surface area (Å²) in [5, 5.41) is 7.03. The zero-order chi connectivity index (χ0) is 18.0. The molecule has 0 saturated carbocycles. The van der Waals surface area contributed by atoms with Crippen LogP contribution in [0.25, 0.3) is 5.65 Å². The molecule has 0 radical (unpaired) electrons. The maximum absolute atomic E-state index is 13.7. The summed E-state index contributed by atoms with van der Waals surface area (Å²) in [5.74, 6) is -0.449. The molecule has 4 rings (SSSR count). The SMILES string of the molecule is O=C(NCC1(c2cccc(F)c2)CCOCC1)c1ccn2ncnc2c1. The van der Waals surface area contributed by atoms with Gasteiger partial charge in [-0.15, -0.1) is 0 Å². The van der Waals surface area contributed by atoms with Crippen LogP contribution in [0.5, 0.6) is 0 Å². The molecule has 0 aliphatic carbocycles. The average molecular weight is 354 g/mol. The van der Waals surface area contributed by atoms with Crippen molar-refractivity contribution in [1.29, 1.82) is 0 Å². The molecule has 1 aromatic carbocycles. The first kappa shape index (κ1) is 16.7. The minimum Gasteiger partial charge on any atom is -0.381 e. The highest BCUT2D eigenvalue weighted by Crippen LogP contribution is 2.34. The van der Waals surface area contributed by atoms with Gasteiger partial charge in [-0.05, 0) is 42.7 Å². The number of carbonyl (C=O) groups excluding carboxylic acids is 1. The van der Waals surface area contributed by atoms with Gasteiger partial charge >= 0.3 is 0 Å². The molecule has 3 heterocycles. The lowest BCUT2D eigenvalue weighted by Gasteiger charge is -2.38. The highest BCUT2D eigenvalue weighted by Gasteiger charge is 2.35. The number of fused-ring (bicyclic) bond motifs is 1. The Bertz CT molecular complexity index is 934. The maximum Gasteiger partial charge on any atom is 0.251 e. The molecule has 1 aliphatic heterocycles. The summed E-state index contributed by atoms with van der Waals surface area (Å²) in [4.78, 5) is 16.7. The number of carbonyl (C=O) groups is 1. The second kappa shape index (κ2) is 6.84. The number of nitrogens with one attached hydrogen (secondary N) is 1. The molecule has 0 atom stereocenters. The number of pyridine rings is 1. The molecular formula is C19H19FN4O2. The third kappa shape index (κ3) is 3.17. The van der Waals surface area contributed by atoms with E-state index in [1.54, 1.807) is 35.0 Å². The predicted molar refractivity (Wildman–Crippen MR) is 93.5 cm³/mol. The molecule has 1 saturated heterocycles. The fraction of sp³-hybridized carbons (Fsp3) is 0.316. The number of benzene rings is 1. The van der Waals surface area contributed by atoms with Crippen molar-refractivity contribution in [2.24, 2.45) is 0 Å². The van der Waals surface area contributed by atoms with Gasteiger partial charge in [0.15, 0.2) is 5.65 Å². The van der Waals surface area contributed by atoms with Crippen molar-refractivity contribution in [1.82, 2.24) is 19.9 Å². The summed E-state index contributed by atoms with van der Waals surface area (Å²) in [6.45, 7) is 1.62. The van der Waals surface area contributed by atoms with Crippen LogP contribution >= 0.6 is 0 Å². The van der Waals surface area contributed by atoms with Crippen molar-refractivity contribution in [3.05, 3.63) is 65.9 Å². The van der Waals surface area contributed by atoms with Gasteiger partial charge in [0, 0.05) is 36.9 Å². The topological polar surface area (TPSA) is 68.5 Å². The van der Waals surface area contributed by atoms with Gasteiger partial charge in [0.1, 0.15) is 12.1 Å². The van der Waals surface area contributed by atoms with Crippen LogP contribution in [0.4, 0.5) is 4.39 Å². The highest BCUT2D eigenvalue weighted by molar-refractivity contribution is 5.95. The smallest absolute Gasteiger partial charge is 0.251 e. The van der Waals surface area contributed by atoms with Crippen LogP contribution in [-0.4, -0.2) is 40.3 Å². The Morgan fingerprint density at radius 3 is 2.92 bits per heavy atom. The Balaban J connectivity index is 1.55. The van der Waals surface area contributed by atoms with Crippen LogP contribution in [0.2, 0.25) is 0 Å². The van der Waals surface area contributed by atoms with Gasteiger partial charge in [0.2, 0.25) is 0 Å². The van der Waals surface area contributed by atoms with Crippen LogP contribution in [0, 0.1) is 5.82 Å². The van der Waals surface area contributed by atoms with E-state index >= 15 is 0 Å². The third-order valence-electron chi connectivity index (χ3n) is 5.02. The molecule has 6 nitrogen and oxygen atoms in total. The second-order valence-electron chi connectivity index (χ2n) is 6.56. The molecule has 26 heavy (non-hydrogen) atoms. The van der Waals surface area contributed by atoms with Gasteiger partial charge in [-0.1, -0.05) is 12.1 Å². The zero-order valence-electron chi connectivity index (χ0n) is 14.2. The molecule has 1 amide bonds. The number of aromatic nitrogens is 3. The van der Waals surface area contributed by atoms with Crippen molar-refractivity contribution < 1.29 is 13.9 Å². The molecule has 7 heteroatoms. The number of halogens is 1. The molecule has 134 valence electrons. The minimum atomic E-state index is -0.324. The molecule has 2 aromatic heterocycles. The van der Waals surface area contributed by atoms with E-state index in [-0.39, 0.29) is 17.1 Å². The monoisotopic (exact) mass is 354 g/mol. The standard InChI is InChI=1S/C19H19FN4O2/c20-16-3-1-2-15(11-16)19(5-8-26-9-6-19)12-21-18(25)14-4-7-24-17(10-14)22-13-23-24/h1-4,7,10-11,13H,5-6,8-9,12H2,(H,21,25). The molecule has 1 fully saturated rings. The van der Waals surface area contributed by atoms with Gasteiger partial charge < -0.3 is 10.1 Å². The average Bonchev–Trinajstić information content (AvgIpc) is 3.14. The van der Waals surface area contributed by atoms with E-state index in [1.165, 1.54) is 12.4 Å². The lowest BCUT2D eigenvalue weighted by atomic mass is 9.74. The zero-order valence-corrected chi connectivity index (χ0v) is 14.2. The van der Waals surface area contributed by atoms with Gasteiger partial charge in [-0.2, -0.15) is 5.10 Å². The fourth-order valence-corrected chi connectivity index (χ4v) is 3.46. The van der Waals surface area contributed by atoms with Gasteiger partial charge in [0.25, 0.3) is 5.91 Å². The number of hydrogen-bond acceptors (Lipinski definition) is 4. The first-order valence-corrected chi connectivity index (χ1v) is 8.58.